The highest BCUT2D eigenvalue weighted by atomic mass is 19.1. The normalized spacial score (nSPS) is 10.8. The number of amides is 1. The fourth-order valence-electron chi connectivity index (χ4n) is 2.42. The van der Waals surface area contributed by atoms with Gasteiger partial charge in [-0.25, -0.2) is 13.9 Å². The molecule has 4 aromatic heterocycles. The van der Waals surface area contributed by atoms with E-state index in [1.54, 1.807) is 19.1 Å². The zero-order chi connectivity index (χ0) is 18.1. The molecule has 0 aromatic carbocycles. The molecule has 4 aromatic rings. The largest absolute Gasteiger partial charge is 0.363 e. The lowest BCUT2D eigenvalue weighted by atomic mass is 10.3. The average molecular weight is 353 g/mol. The molecule has 10 heteroatoms. The monoisotopic (exact) mass is 353 g/mol. The van der Waals surface area contributed by atoms with Gasteiger partial charge in [-0.2, -0.15) is 5.10 Å². The van der Waals surface area contributed by atoms with Crippen LogP contribution in [-0.4, -0.2) is 30.6 Å². The van der Waals surface area contributed by atoms with Crippen molar-refractivity contribution in [2.45, 2.75) is 6.92 Å². The van der Waals surface area contributed by atoms with E-state index in [-0.39, 0.29) is 11.4 Å². The summed E-state index contributed by atoms with van der Waals surface area (Å²) >= 11 is 0. The number of pyridine rings is 1. The maximum atomic E-state index is 13.7. The van der Waals surface area contributed by atoms with Gasteiger partial charge >= 0.3 is 0 Å². The van der Waals surface area contributed by atoms with Crippen LogP contribution in [0.2, 0.25) is 0 Å². The molecule has 0 unspecified atom stereocenters. The van der Waals surface area contributed by atoms with E-state index in [1.807, 2.05) is 0 Å². The second-order valence-electron chi connectivity index (χ2n) is 5.40. The van der Waals surface area contributed by atoms with Gasteiger partial charge in [-0.3, -0.25) is 9.78 Å². The fourth-order valence-corrected chi connectivity index (χ4v) is 2.42. The number of aromatic nitrogens is 5. The molecule has 9 nitrogen and oxygen atoms in total. The maximum absolute atomic E-state index is 13.7. The summed E-state index contributed by atoms with van der Waals surface area (Å²) in [5.41, 5.74) is 1.83. The molecule has 1 amide bonds. The number of aryl methyl sites for hydroxylation is 1. The first kappa shape index (κ1) is 15.7. The van der Waals surface area contributed by atoms with E-state index >= 15 is 0 Å². The molecule has 4 rings (SSSR count). The molecule has 0 saturated heterocycles. The van der Waals surface area contributed by atoms with Gasteiger partial charge in [0.2, 0.25) is 0 Å². The first-order valence-corrected chi connectivity index (χ1v) is 7.55. The zero-order valence-corrected chi connectivity index (χ0v) is 13.5. The summed E-state index contributed by atoms with van der Waals surface area (Å²) in [5.74, 6) is -0.689. The molecule has 26 heavy (non-hydrogen) atoms. The molecular weight excluding hydrogens is 341 g/mol. The molecule has 0 radical (unpaired) electrons. The minimum Gasteiger partial charge on any atom is -0.363 e. The summed E-state index contributed by atoms with van der Waals surface area (Å²) in [6.45, 7) is 1.78. The number of carbonyl (C=O) groups is 1. The van der Waals surface area contributed by atoms with Crippen LogP contribution < -0.4 is 10.6 Å². The van der Waals surface area contributed by atoms with Gasteiger partial charge in [-0.15, -0.1) is 0 Å². The SMILES string of the molecule is Cc1cc(Nc2ccon2)c2ncc(C(=O)Nc3ccncc3F)n2n1. The highest BCUT2D eigenvalue weighted by molar-refractivity contribution is 6.03. The highest BCUT2D eigenvalue weighted by Gasteiger charge is 2.18. The molecule has 0 atom stereocenters. The molecule has 2 N–H and O–H groups in total. The average Bonchev–Trinajstić information content (AvgIpc) is 3.26. The van der Waals surface area contributed by atoms with E-state index in [2.05, 4.69) is 30.9 Å². The Morgan fingerprint density at radius 3 is 2.92 bits per heavy atom. The molecule has 0 saturated carbocycles. The summed E-state index contributed by atoms with van der Waals surface area (Å²) in [6, 6.07) is 4.78. The lowest BCUT2D eigenvalue weighted by Gasteiger charge is -2.08. The lowest BCUT2D eigenvalue weighted by molar-refractivity contribution is 0.102. The van der Waals surface area contributed by atoms with Crippen molar-refractivity contribution in [3.05, 3.63) is 60.3 Å². The van der Waals surface area contributed by atoms with Crippen LogP contribution in [0.25, 0.3) is 5.65 Å². The highest BCUT2D eigenvalue weighted by Crippen LogP contribution is 2.22. The van der Waals surface area contributed by atoms with Crippen molar-refractivity contribution in [2.24, 2.45) is 0 Å². The number of halogens is 1. The van der Waals surface area contributed by atoms with Crippen LogP contribution >= 0.6 is 0 Å². The van der Waals surface area contributed by atoms with E-state index in [0.717, 1.165) is 6.20 Å². The lowest BCUT2D eigenvalue weighted by Crippen LogP contribution is -2.16. The smallest absolute Gasteiger partial charge is 0.276 e. The Balaban J connectivity index is 1.71. The van der Waals surface area contributed by atoms with Crippen LogP contribution in [0.1, 0.15) is 16.2 Å². The second-order valence-corrected chi connectivity index (χ2v) is 5.40. The summed E-state index contributed by atoms with van der Waals surface area (Å²) in [4.78, 5) is 20.4. The fraction of sp³-hybridized carbons (Fsp3) is 0.0625. The number of imidazole rings is 1. The maximum Gasteiger partial charge on any atom is 0.276 e. The number of nitrogens with one attached hydrogen (secondary N) is 2. The molecule has 0 aliphatic heterocycles. The number of anilines is 3. The number of rotatable bonds is 4. The molecule has 0 bridgehead atoms. The number of carbonyl (C=O) groups excluding carboxylic acids is 1. The Kier molecular flexibility index (Phi) is 3.77. The predicted octanol–water partition coefficient (Wildman–Crippen LogP) is 2.56. The Bertz CT molecular complexity index is 1090. The minimum atomic E-state index is -0.632. The third-order valence-electron chi connectivity index (χ3n) is 3.54. The summed E-state index contributed by atoms with van der Waals surface area (Å²) in [5, 5.41) is 13.6. The topological polar surface area (TPSA) is 110 Å². The van der Waals surface area contributed by atoms with E-state index in [1.165, 1.54) is 29.2 Å². The van der Waals surface area contributed by atoms with Gasteiger partial charge in [-0.05, 0) is 19.1 Å². The van der Waals surface area contributed by atoms with Crippen LogP contribution in [0, 0.1) is 12.7 Å². The third-order valence-corrected chi connectivity index (χ3v) is 3.54. The molecule has 0 aliphatic rings. The number of hydrogen-bond acceptors (Lipinski definition) is 7. The van der Waals surface area contributed by atoms with Crippen LogP contribution in [0.5, 0.6) is 0 Å². The van der Waals surface area contributed by atoms with Crippen molar-refractivity contribution >= 4 is 28.7 Å². The summed E-state index contributed by atoms with van der Waals surface area (Å²) in [7, 11) is 0. The van der Waals surface area contributed by atoms with Crippen molar-refractivity contribution in [1.82, 2.24) is 24.7 Å². The first-order chi connectivity index (χ1) is 12.6. The molecule has 130 valence electrons. The van der Waals surface area contributed by atoms with Crippen molar-refractivity contribution in [2.75, 3.05) is 10.6 Å². The van der Waals surface area contributed by atoms with Gasteiger partial charge in [0, 0.05) is 12.3 Å². The third kappa shape index (κ3) is 2.83. The number of fused-ring (bicyclic) bond motifs is 1. The summed E-state index contributed by atoms with van der Waals surface area (Å²) in [6.07, 6.45) is 5.20. The van der Waals surface area contributed by atoms with E-state index < -0.39 is 11.7 Å². The second kappa shape index (κ2) is 6.24. The Morgan fingerprint density at radius 2 is 2.15 bits per heavy atom. The van der Waals surface area contributed by atoms with Crippen molar-refractivity contribution in [3.8, 4) is 0 Å². The van der Waals surface area contributed by atoms with Gasteiger partial charge in [0.1, 0.15) is 6.26 Å². The van der Waals surface area contributed by atoms with Gasteiger partial charge < -0.3 is 15.2 Å². The van der Waals surface area contributed by atoms with Crippen LogP contribution in [-0.2, 0) is 0 Å². The van der Waals surface area contributed by atoms with Gasteiger partial charge in [0.05, 0.1) is 29.5 Å². The van der Waals surface area contributed by atoms with Crippen LogP contribution in [0.4, 0.5) is 21.6 Å². The van der Waals surface area contributed by atoms with E-state index in [4.69, 9.17) is 4.52 Å². The van der Waals surface area contributed by atoms with Gasteiger partial charge in [0.15, 0.2) is 23.0 Å². The molecule has 0 fully saturated rings. The molecular formula is C16H12FN7O2. The Morgan fingerprint density at radius 1 is 1.27 bits per heavy atom. The minimum absolute atomic E-state index is 0.0218. The summed E-state index contributed by atoms with van der Waals surface area (Å²) < 4.78 is 19.9. The Hall–Kier alpha value is -3.82. The number of nitrogens with zero attached hydrogens (tertiary/aromatic N) is 5. The van der Waals surface area contributed by atoms with Crippen molar-refractivity contribution in [3.63, 3.8) is 0 Å². The first-order valence-electron chi connectivity index (χ1n) is 7.55. The van der Waals surface area contributed by atoms with E-state index in [0.29, 0.717) is 22.8 Å². The standard InChI is InChI=1S/C16H12FN7O2/c1-9-6-12(20-14-3-5-26-23-14)15-19-8-13(24(15)22-9)16(25)21-11-2-4-18-7-10(11)17/h2-8H,1H3,(H,20,23)(H,18,21,25). The van der Waals surface area contributed by atoms with Crippen LogP contribution in [0.15, 0.2) is 47.6 Å². The number of hydrogen-bond donors (Lipinski definition) is 2. The quantitative estimate of drug-likeness (QED) is 0.580. The molecule has 0 aliphatic carbocycles. The van der Waals surface area contributed by atoms with Gasteiger partial charge in [0.25, 0.3) is 5.91 Å². The molecule has 4 heterocycles. The van der Waals surface area contributed by atoms with E-state index in [9.17, 15) is 9.18 Å². The zero-order valence-electron chi connectivity index (χ0n) is 13.5. The van der Waals surface area contributed by atoms with Crippen LogP contribution in [0.3, 0.4) is 0 Å². The van der Waals surface area contributed by atoms with Crippen molar-refractivity contribution < 1.29 is 13.7 Å². The van der Waals surface area contributed by atoms with Gasteiger partial charge in [-0.1, -0.05) is 5.16 Å². The molecule has 0 spiro atoms. The predicted molar refractivity (Wildman–Crippen MR) is 89.7 cm³/mol. The Labute approximate surface area is 145 Å². The van der Waals surface area contributed by atoms with Crippen molar-refractivity contribution in [1.29, 1.82) is 0 Å².